The van der Waals surface area contributed by atoms with Gasteiger partial charge in [0.1, 0.15) is 5.82 Å². The largest absolute Gasteiger partial charge is 0.356 e. The number of aliphatic imine (C=N–C) groups is 1. The van der Waals surface area contributed by atoms with Crippen molar-refractivity contribution < 1.29 is 0 Å². The number of hydrogen-bond acceptors (Lipinski definition) is 2. The Balaban J connectivity index is 2.75. The van der Waals surface area contributed by atoms with E-state index in [1.807, 2.05) is 13.0 Å². The summed E-state index contributed by atoms with van der Waals surface area (Å²) in [5, 5.41) is 0. The molecule has 0 aromatic rings. The summed E-state index contributed by atoms with van der Waals surface area (Å²) in [6, 6.07) is 0. The van der Waals surface area contributed by atoms with Crippen molar-refractivity contribution in [1.82, 2.24) is 4.90 Å². The van der Waals surface area contributed by atoms with Crippen LogP contribution >= 0.6 is 0 Å². The lowest BCUT2D eigenvalue weighted by Crippen LogP contribution is -2.28. The zero-order chi connectivity index (χ0) is 9.68. The average molecular weight is 178 g/mol. The summed E-state index contributed by atoms with van der Waals surface area (Å²) in [6.45, 7) is 11.6. The molecule has 0 saturated carbocycles. The maximum absolute atomic E-state index is 4.07. The smallest absolute Gasteiger partial charge is 0.130 e. The molecule has 1 saturated heterocycles. The van der Waals surface area contributed by atoms with Crippen molar-refractivity contribution in [3.63, 3.8) is 0 Å². The third-order valence-corrected chi connectivity index (χ3v) is 2.46. The van der Waals surface area contributed by atoms with Crippen LogP contribution < -0.4 is 0 Å². The van der Waals surface area contributed by atoms with Crippen LogP contribution in [0, 0.1) is 0 Å². The van der Waals surface area contributed by atoms with Crippen molar-refractivity contribution in [2.75, 3.05) is 13.1 Å². The Morgan fingerprint density at radius 1 is 1.31 bits per heavy atom. The zero-order valence-electron chi connectivity index (χ0n) is 8.42. The monoisotopic (exact) mass is 178 g/mol. The molecule has 1 rings (SSSR count). The summed E-state index contributed by atoms with van der Waals surface area (Å²) < 4.78 is 0. The number of allylic oxidation sites excluding steroid dienone is 2. The Hall–Kier alpha value is -1.05. The van der Waals surface area contributed by atoms with Crippen molar-refractivity contribution in [2.45, 2.75) is 26.2 Å². The molecule has 1 heterocycles. The summed E-state index contributed by atoms with van der Waals surface area (Å²) in [4.78, 5) is 6.37. The predicted octanol–water partition coefficient (Wildman–Crippen LogP) is 2.59. The second-order valence-corrected chi connectivity index (χ2v) is 3.42. The zero-order valence-corrected chi connectivity index (χ0v) is 8.42. The number of rotatable bonds is 3. The lowest BCUT2D eigenvalue weighted by Gasteiger charge is -2.29. The van der Waals surface area contributed by atoms with Crippen LogP contribution in [0.5, 0.6) is 0 Å². The van der Waals surface area contributed by atoms with Crippen LogP contribution in [0.3, 0.4) is 0 Å². The average Bonchev–Trinajstić information content (AvgIpc) is 2.20. The topological polar surface area (TPSA) is 15.6 Å². The van der Waals surface area contributed by atoms with Crippen LogP contribution in [0.25, 0.3) is 0 Å². The van der Waals surface area contributed by atoms with E-state index < -0.39 is 0 Å². The van der Waals surface area contributed by atoms with Crippen molar-refractivity contribution in [3.05, 3.63) is 24.0 Å². The van der Waals surface area contributed by atoms with E-state index >= 15 is 0 Å². The molecular formula is C11H18N2. The van der Waals surface area contributed by atoms with E-state index in [4.69, 9.17) is 0 Å². The summed E-state index contributed by atoms with van der Waals surface area (Å²) in [6.07, 6.45) is 5.72. The van der Waals surface area contributed by atoms with Gasteiger partial charge in [-0.15, -0.1) is 0 Å². The summed E-state index contributed by atoms with van der Waals surface area (Å²) in [7, 11) is 0. The van der Waals surface area contributed by atoms with Gasteiger partial charge in [0.25, 0.3) is 0 Å². The minimum absolute atomic E-state index is 1.01. The van der Waals surface area contributed by atoms with E-state index in [9.17, 15) is 0 Å². The number of hydrogen-bond donors (Lipinski definition) is 0. The normalized spacial score (nSPS) is 19.3. The predicted molar refractivity (Wildman–Crippen MR) is 57.9 cm³/mol. The van der Waals surface area contributed by atoms with Crippen molar-refractivity contribution in [2.24, 2.45) is 4.99 Å². The maximum atomic E-state index is 4.07. The Morgan fingerprint density at radius 3 is 2.38 bits per heavy atom. The molecule has 0 amide bonds. The molecule has 0 radical (unpaired) electrons. The van der Waals surface area contributed by atoms with Gasteiger partial charge in [-0.3, -0.25) is 0 Å². The number of nitrogens with zero attached hydrogens (tertiary/aromatic N) is 2. The van der Waals surface area contributed by atoms with E-state index in [1.54, 1.807) is 0 Å². The molecule has 0 N–H and O–H groups in total. The quantitative estimate of drug-likeness (QED) is 0.479. The van der Waals surface area contributed by atoms with E-state index in [0.717, 1.165) is 24.5 Å². The molecule has 13 heavy (non-hydrogen) atoms. The standard InChI is InChI=1S/C11H18N2/c1-4-10(2)11(12-3)13-8-6-5-7-9-13/h4H,1,3,5-9H2,2H3/b11-10+. The molecule has 0 atom stereocenters. The van der Waals surface area contributed by atoms with Crippen LogP contribution in [-0.2, 0) is 0 Å². The first kappa shape index (κ1) is 10.0. The molecule has 0 aromatic carbocycles. The number of piperidine rings is 1. The Kier molecular flexibility index (Phi) is 3.74. The Labute approximate surface area is 80.7 Å². The lowest BCUT2D eigenvalue weighted by atomic mass is 10.1. The highest BCUT2D eigenvalue weighted by molar-refractivity contribution is 5.32. The second-order valence-electron chi connectivity index (χ2n) is 3.42. The minimum Gasteiger partial charge on any atom is -0.356 e. The van der Waals surface area contributed by atoms with Gasteiger partial charge in [0.05, 0.1) is 0 Å². The highest BCUT2D eigenvalue weighted by Gasteiger charge is 2.13. The summed E-state index contributed by atoms with van der Waals surface area (Å²) >= 11 is 0. The Morgan fingerprint density at radius 2 is 1.92 bits per heavy atom. The molecule has 72 valence electrons. The van der Waals surface area contributed by atoms with Gasteiger partial charge in [0.2, 0.25) is 0 Å². The summed E-state index contributed by atoms with van der Waals surface area (Å²) in [5.41, 5.74) is 1.12. The highest BCUT2D eigenvalue weighted by Crippen LogP contribution is 2.18. The molecule has 2 heteroatoms. The maximum Gasteiger partial charge on any atom is 0.130 e. The molecule has 0 aliphatic carbocycles. The van der Waals surface area contributed by atoms with Gasteiger partial charge in [0.15, 0.2) is 0 Å². The molecular weight excluding hydrogens is 160 g/mol. The SMILES string of the molecule is C=C/C(C)=C(\N=C)N1CCCCC1. The molecule has 0 spiro atoms. The van der Waals surface area contributed by atoms with E-state index in [2.05, 4.69) is 23.2 Å². The van der Waals surface area contributed by atoms with Gasteiger partial charge in [-0.25, -0.2) is 4.99 Å². The third kappa shape index (κ3) is 2.44. The van der Waals surface area contributed by atoms with Crippen LogP contribution in [0.15, 0.2) is 29.0 Å². The third-order valence-electron chi connectivity index (χ3n) is 2.46. The van der Waals surface area contributed by atoms with Crippen molar-refractivity contribution >= 4 is 6.72 Å². The second kappa shape index (κ2) is 4.85. The fraction of sp³-hybridized carbons (Fsp3) is 0.545. The molecule has 1 aliphatic rings. The van der Waals surface area contributed by atoms with E-state index in [1.165, 1.54) is 19.3 Å². The lowest BCUT2D eigenvalue weighted by molar-refractivity contribution is 0.281. The fourth-order valence-electron chi connectivity index (χ4n) is 1.67. The first-order chi connectivity index (χ1) is 6.29. The van der Waals surface area contributed by atoms with Gasteiger partial charge in [-0.2, -0.15) is 0 Å². The first-order valence-electron chi connectivity index (χ1n) is 4.84. The molecule has 0 aromatic heterocycles. The van der Waals surface area contributed by atoms with Crippen LogP contribution in [0.2, 0.25) is 0 Å². The molecule has 1 fully saturated rings. The van der Waals surface area contributed by atoms with Crippen LogP contribution in [-0.4, -0.2) is 24.7 Å². The van der Waals surface area contributed by atoms with E-state index in [-0.39, 0.29) is 0 Å². The van der Waals surface area contributed by atoms with Crippen LogP contribution in [0.1, 0.15) is 26.2 Å². The van der Waals surface area contributed by atoms with Crippen molar-refractivity contribution in [1.29, 1.82) is 0 Å². The van der Waals surface area contributed by atoms with Gasteiger partial charge >= 0.3 is 0 Å². The van der Waals surface area contributed by atoms with Crippen LogP contribution in [0.4, 0.5) is 0 Å². The first-order valence-corrected chi connectivity index (χ1v) is 4.84. The van der Waals surface area contributed by atoms with E-state index in [0.29, 0.717) is 0 Å². The summed E-state index contributed by atoms with van der Waals surface area (Å²) in [5.74, 6) is 1.01. The van der Waals surface area contributed by atoms with Crippen molar-refractivity contribution in [3.8, 4) is 0 Å². The molecule has 0 bridgehead atoms. The molecule has 0 unspecified atom stereocenters. The van der Waals surface area contributed by atoms with Gasteiger partial charge in [0, 0.05) is 13.1 Å². The molecule has 1 aliphatic heterocycles. The van der Waals surface area contributed by atoms with Gasteiger partial charge in [-0.1, -0.05) is 12.7 Å². The Bertz CT molecular complexity index is 222. The van der Waals surface area contributed by atoms with Gasteiger partial charge in [-0.05, 0) is 38.5 Å². The number of likely N-dealkylation sites (tertiary alicyclic amines) is 1. The molecule has 2 nitrogen and oxygen atoms in total. The minimum atomic E-state index is 1.01. The van der Waals surface area contributed by atoms with Gasteiger partial charge < -0.3 is 4.90 Å². The fourth-order valence-corrected chi connectivity index (χ4v) is 1.67. The highest BCUT2D eigenvalue weighted by atomic mass is 15.2.